The van der Waals surface area contributed by atoms with Gasteiger partial charge >= 0.3 is 0 Å². The first-order valence-corrected chi connectivity index (χ1v) is 10.2. The second-order valence-corrected chi connectivity index (χ2v) is 7.76. The van der Waals surface area contributed by atoms with Crippen molar-refractivity contribution in [2.75, 3.05) is 38.5 Å². The first-order valence-electron chi connectivity index (χ1n) is 9.17. The maximum absolute atomic E-state index is 11.8. The monoisotopic (exact) mass is 340 g/mol. The third kappa shape index (κ3) is 5.90. The highest BCUT2D eigenvalue weighted by Crippen LogP contribution is 2.26. The SMILES string of the molecule is CCNC(=NCCCNC(=O)C1CCC1)N1CCSC(CC)C1. The Kier molecular flexibility index (Phi) is 8.06. The number of hydrogen-bond donors (Lipinski definition) is 2. The molecule has 23 heavy (non-hydrogen) atoms. The number of nitrogens with zero attached hydrogens (tertiary/aromatic N) is 2. The Hall–Kier alpha value is -0.910. The van der Waals surface area contributed by atoms with Gasteiger partial charge in [0.1, 0.15) is 0 Å². The number of amides is 1. The van der Waals surface area contributed by atoms with Crippen LogP contribution in [0.5, 0.6) is 0 Å². The van der Waals surface area contributed by atoms with E-state index in [0.29, 0.717) is 0 Å². The molecule has 0 spiro atoms. The van der Waals surface area contributed by atoms with Crippen LogP contribution in [0.3, 0.4) is 0 Å². The predicted octanol–water partition coefficient (Wildman–Crippen LogP) is 2.09. The van der Waals surface area contributed by atoms with Gasteiger partial charge in [0.25, 0.3) is 0 Å². The van der Waals surface area contributed by atoms with Crippen LogP contribution in [0.2, 0.25) is 0 Å². The van der Waals surface area contributed by atoms with Gasteiger partial charge in [-0.1, -0.05) is 13.3 Å². The number of nitrogens with one attached hydrogen (secondary N) is 2. The summed E-state index contributed by atoms with van der Waals surface area (Å²) in [6.07, 6.45) is 5.47. The Labute approximate surface area is 145 Å². The molecule has 0 bridgehead atoms. The molecule has 1 saturated heterocycles. The highest BCUT2D eigenvalue weighted by molar-refractivity contribution is 8.00. The third-order valence-electron chi connectivity index (χ3n) is 4.60. The van der Waals surface area contributed by atoms with Crippen LogP contribution in [0.1, 0.15) is 46.0 Å². The van der Waals surface area contributed by atoms with Gasteiger partial charge in [0.2, 0.25) is 5.91 Å². The number of carbonyl (C=O) groups is 1. The van der Waals surface area contributed by atoms with Crippen molar-refractivity contribution >= 4 is 23.6 Å². The van der Waals surface area contributed by atoms with Crippen LogP contribution in [0.25, 0.3) is 0 Å². The van der Waals surface area contributed by atoms with Gasteiger partial charge in [-0.25, -0.2) is 0 Å². The molecule has 1 heterocycles. The van der Waals surface area contributed by atoms with Gasteiger partial charge in [0.15, 0.2) is 5.96 Å². The molecule has 6 heteroatoms. The topological polar surface area (TPSA) is 56.7 Å². The van der Waals surface area contributed by atoms with E-state index in [9.17, 15) is 4.79 Å². The average molecular weight is 341 g/mol. The summed E-state index contributed by atoms with van der Waals surface area (Å²) in [5, 5.41) is 7.17. The Morgan fingerprint density at radius 3 is 2.78 bits per heavy atom. The van der Waals surface area contributed by atoms with Gasteiger partial charge in [-0.15, -0.1) is 0 Å². The fourth-order valence-corrected chi connectivity index (χ4v) is 4.06. The van der Waals surface area contributed by atoms with E-state index in [0.717, 1.165) is 63.2 Å². The van der Waals surface area contributed by atoms with E-state index in [1.54, 1.807) is 0 Å². The normalized spacial score (nSPS) is 22.6. The number of aliphatic imine (C=N–C) groups is 1. The lowest BCUT2D eigenvalue weighted by Crippen LogP contribution is -2.48. The molecule has 0 radical (unpaired) electrons. The highest BCUT2D eigenvalue weighted by Gasteiger charge is 2.24. The molecule has 0 aromatic rings. The van der Waals surface area contributed by atoms with Crippen LogP contribution in [0, 0.1) is 5.92 Å². The van der Waals surface area contributed by atoms with Gasteiger partial charge in [-0.05, 0) is 32.6 Å². The molecule has 5 nitrogen and oxygen atoms in total. The Morgan fingerprint density at radius 2 is 2.13 bits per heavy atom. The third-order valence-corrected chi connectivity index (χ3v) is 5.97. The molecule has 0 aromatic carbocycles. The second kappa shape index (κ2) is 10.1. The predicted molar refractivity (Wildman–Crippen MR) is 99.1 cm³/mol. The van der Waals surface area contributed by atoms with Crippen LogP contribution >= 0.6 is 11.8 Å². The maximum atomic E-state index is 11.8. The van der Waals surface area contributed by atoms with E-state index < -0.39 is 0 Å². The minimum atomic E-state index is 0.242. The van der Waals surface area contributed by atoms with E-state index >= 15 is 0 Å². The van der Waals surface area contributed by atoms with E-state index in [2.05, 4.69) is 41.1 Å². The molecule has 2 N–H and O–H groups in total. The van der Waals surface area contributed by atoms with Crippen molar-refractivity contribution in [2.24, 2.45) is 10.9 Å². The highest BCUT2D eigenvalue weighted by atomic mass is 32.2. The van der Waals surface area contributed by atoms with Gasteiger partial charge < -0.3 is 15.5 Å². The van der Waals surface area contributed by atoms with Gasteiger partial charge in [0.05, 0.1) is 0 Å². The van der Waals surface area contributed by atoms with Crippen LogP contribution in [0.4, 0.5) is 0 Å². The molecule has 2 aliphatic rings. The second-order valence-electron chi connectivity index (χ2n) is 6.36. The molecule has 1 atom stereocenters. The lowest BCUT2D eigenvalue weighted by atomic mass is 9.85. The van der Waals surface area contributed by atoms with Crippen LogP contribution in [0.15, 0.2) is 4.99 Å². The first-order chi connectivity index (χ1) is 11.2. The Morgan fingerprint density at radius 1 is 1.30 bits per heavy atom. The lowest BCUT2D eigenvalue weighted by molar-refractivity contribution is -0.127. The number of thioether (sulfide) groups is 1. The summed E-state index contributed by atoms with van der Waals surface area (Å²) in [6, 6.07) is 0. The van der Waals surface area contributed by atoms with Gasteiger partial charge in [0, 0.05) is 49.6 Å². The lowest BCUT2D eigenvalue weighted by Gasteiger charge is -2.34. The Balaban J connectivity index is 1.71. The van der Waals surface area contributed by atoms with E-state index in [-0.39, 0.29) is 11.8 Å². The summed E-state index contributed by atoms with van der Waals surface area (Å²) in [6.45, 7) is 8.95. The molecule has 2 fully saturated rings. The molecular weight excluding hydrogens is 308 g/mol. The zero-order chi connectivity index (χ0) is 16.5. The molecular formula is C17H32N4OS. The fourth-order valence-electron chi connectivity index (χ4n) is 2.87. The van der Waals surface area contributed by atoms with Crippen LogP contribution < -0.4 is 10.6 Å². The quantitative estimate of drug-likeness (QED) is 0.423. The first kappa shape index (κ1) is 18.4. The number of guanidine groups is 1. The molecule has 1 saturated carbocycles. The summed E-state index contributed by atoms with van der Waals surface area (Å²) in [5.74, 6) is 2.75. The van der Waals surface area contributed by atoms with E-state index in [1.165, 1.54) is 18.6 Å². The van der Waals surface area contributed by atoms with Crippen molar-refractivity contribution in [3.05, 3.63) is 0 Å². The minimum Gasteiger partial charge on any atom is -0.357 e. The standard InChI is InChI=1S/C17H32N4OS/c1-3-15-13-21(11-12-23-15)17(18-4-2)20-10-6-9-19-16(22)14-7-5-8-14/h14-15H,3-13H2,1-2H3,(H,18,20)(H,19,22). The minimum absolute atomic E-state index is 0.242. The van der Waals surface area contributed by atoms with E-state index in [1.807, 2.05) is 0 Å². The molecule has 132 valence electrons. The largest absolute Gasteiger partial charge is 0.357 e. The van der Waals surface area contributed by atoms with Crippen molar-refractivity contribution in [1.82, 2.24) is 15.5 Å². The van der Waals surface area contributed by atoms with Crippen molar-refractivity contribution in [1.29, 1.82) is 0 Å². The zero-order valence-electron chi connectivity index (χ0n) is 14.6. The molecule has 2 rings (SSSR count). The van der Waals surface area contributed by atoms with Crippen molar-refractivity contribution in [3.8, 4) is 0 Å². The summed E-state index contributed by atoms with van der Waals surface area (Å²) >= 11 is 2.08. The smallest absolute Gasteiger partial charge is 0.223 e. The van der Waals surface area contributed by atoms with Crippen molar-refractivity contribution in [2.45, 2.75) is 51.2 Å². The summed E-state index contributed by atoms with van der Waals surface area (Å²) < 4.78 is 0. The molecule has 1 aliphatic heterocycles. The molecule has 0 aromatic heterocycles. The fraction of sp³-hybridized carbons (Fsp3) is 0.882. The van der Waals surface area contributed by atoms with Gasteiger partial charge in [-0.3, -0.25) is 9.79 Å². The number of carbonyl (C=O) groups excluding carboxylic acids is 1. The Bertz CT molecular complexity index is 398. The summed E-state index contributed by atoms with van der Waals surface area (Å²) in [7, 11) is 0. The van der Waals surface area contributed by atoms with Crippen LogP contribution in [-0.4, -0.2) is 60.5 Å². The van der Waals surface area contributed by atoms with Crippen molar-refractivity contribution < 1.29 is 4.79 Å². The zero-order valence-corrected chi connectivity index (χ0v) is 15.5. The maximum Gasteiger partial charge on any atom is 0.223 e. The summed E-state index contributed by atoms with van der Waals surface area (Å²) in [4.78, 5) is 18.9. The van der Waals surface area contributed by atoms with Gasteiger partial charge in [-0.2, -0.15) is 11.8 Å². The number of rotatable bonds is 7. The molecule has 1 aliphatic carbocycles. The average Bonchev–Trinajstić information content (AvgIpc) is 2.52. The molecule has 1 unspecified atom stereocenters. The molecule has 1 amide bonds. The van der Waals surface area contributed by atoms with Crippen molar-refractivity contribution in [3.63, 3.8) is 0 Å². The van der Waals surface area contributed by atoms with E-state index in [4.69, 9.17) is 4.99 Å². The number of hydrogen-bond acceptors (Lipinski definition) is 3. The summed E-state index contributed by atoms with van der Waals surface area (Å²) in [5.41, 5.74) is 0. The van der Waals surface area contributed by atoms with Crippen LogP contribution in [-0.2, 0) is 4.79 Å².